The summed E-state index contributed by atoms with van der Waals surface area (Å²) in [5.74, 6) is -0.448. The van der Waals surface area contributed by atoms with Crippen LogP contribution in [-0.2, 0) is 14.9 Å². The molecule has 1 atom stereocenters. The second-order valence-corrected chi connectivity index (χ2v) is 7.25. The van der Waals surface area contributed by atoms with E-state index >= 15 is 0 Å². The first kappa shape index (κ1) is 20.2. The normalized spacial score (nSPS) is 12.0. The third-order valence-electron chi connectivity index (χ3n) is 4.05. The van der Waals surface area contributed by atoms with Gasteiger partial charge in [-0.25, -0.2) is 4.79 Å². The highest BCUT2D eigenvalue weighted by Crippen LogP contribution is 2.22. The summed E-state index contributed by atoms with van der Waals surface area (Å²) >= 11 is 0. The van der Waals surface area contributed by atoms with Crippen molar-refractivity contribution in [1.29, 1.82) is 5.26 Å². The van der Waals surface area contributed by atoms with Crippen LogP contribution >= 0.6 is 0 Å². The molecule has 0 N–H and O–H groups in total. The van der Waals surface area contributed by atoms with Crippen LogP contribution in [0.1, 0.15) is 49.2 Å². The highest BCUT2D eigenvalue weighted by molar-refractivity contribution is 5.98. The van der Waals surface area contributed by atoms with Crippen molar-refractivity contribution >= 4 is 11.8 Å². The Morgan fingerprint density at radius 3 is 2.15 bits per heavy atom. The lowest BCUT2D eigenvalue weighted by Crippen LogP contribution is -2.28. The van der Waals surface area contributed by atoms with Crippen molar-refractivity contribution in [2.24, 2.45) is 0 Å². The molecular formula is C22H23NO4. The van der Waals surface area contributed by atoms with E-state index in [1.54, 1.807) is 43.3 Å². The van der Waals surface area contributed by atoms with Gasteiger partial charge in [-0.1, -0.05) is 45.0 Å². The van der Waals surface area contributed by atoms with Crippen LogP contribution in [0.2, 0.25) is 0 Å². The molecule has 0 aliphatic rings. The maximum atomic E-state index is 12.2. The number of esters is 1. The molecule has 5 heteroatoms. The van der Waals surface area contributed by atoms with Crippen LogP contribution in [-0.4, -0.2) is 24.5 Å². The molecule has 2 rings (SSSR count). The molecule has 5 nitrogen and oxygen atoms in total. The number of ether oxygens (including phenoxy) is 2. The summed E-state index contributed by atoms with van der Waals surface area (Å²) in [6.45, 7) is 7.50. The molecule has 1 unspecified atom stereocenters. The van der Waals surface area contributed by atoms with Gasteiger partial charge in [0, 0.05) is 5.56 Å². The summed E-state index contributed by atoms with van der Waals surface area (Å²) in [5, 5.41) is 8.77. The van der Waals surface area contributed by atoms with Gasteiger partial charge in [0.05, 0.1) is 11.6 Å². The fraction of sp³-hybridized carbons (Fsp3) is 0.318. The SMILES string of the molecule is CC(Oc1ccc(C#N)cc1)C(=O)OCC(=O)c1ccc(C(C)(C)C)cc1. The van der Waals surface area contributed by atoms with Gasteiger partial charge in [-0.2, -0.15) is 5.26 Å². The van der Waals surface area contributed by atoms with Crippen molar-refractivity contribution in [3.63, 3.8) is 0 Å². The number of nitrogens with zero attached hydrogens (tertiary/aromatic N) is 1. The van der Waals surface area contributed by atoms with Crippen LogP contribution in [0.3, 0.4) is 0 Å². The van der Waals surface area contributed by atoms with Crippen LogP contribution in [0.5, 0.6) is 5.75 Å². The van der Waals surface area contributed by atoms with Gasteiger partial charge in [0.2, 0.25) is 0 Å². The zero-order valence-electron chi connectivity index (χ0n) is 16.0. The summed E-state index contributed by atoms with van der Waals surface area (Å²) in [6, 6.07) is 15.7. The molecule has 27 heavy (non-hydrogen) atoms. The van der Waals surface area contributed by atoms with E-state index in [1.807, 2.05) is 18.2 Å². The molecule has 0 aromatic heterocycles. The second-order valence-electron chi connectivity index (χ2n) is 7.25. The number of ketones is 1. The summed E-state index contributed by atoms with van der Waals surface area (Å²) in [7, 11) is 0. The Kier molecular flexibility index (Phi) is 6.36. The van der Waals surface area contributed by atoms with E-state index in [-0.39, 0.29) is 17.8 Å². The first-order chi connectivity index (χ1) is 12.7. The lowest BCUT2D eigenvalue weighted by atomic mass is 9.86. The minimum absolute atomic E-state index is 0.00621. The fourth-order valence-electron chi connectivity index (χ4n) is 2.35. The van der Waals surface area contributed by atoms with Crippen molar-refractivity contribution in [3.8, 4) is 11.8 Å². The van der Waals surface area contributed by atoms with E-state index in [4.69, 9.17) is 14.7 Å². The van der Waals surface area contributed by atoms with Crippen LogP contribution in [0.15, 0.2) is 48.5 Å². The topological polar surface area (TPSA) is 76.4 Å². The van der Waals surface area contributed by atoms with Gasteiger partial charge in [-0.05, 0) is 42.2 Å². The van der Waals surface area contributed by atoms with Crippen LogP contribution in [0.4, 0.5) is 0 Å². The fourth-order valence-corrected chi connectivity index (χ4v) is 2.35. The zero-order valence-corrected chi connectivity index (χ0v) is 16.0. The summed E-state index contributed by atoms with van der Waals surface area (Å²) in [6.07, 6.45) is -0.867. The molecular weight excluding hydrogens is 342 g/mol. The van der Waals surface area contributed by atoms with Crippen molar-refractivity contribution in [3.05, 3.63) is 65.2 Å². The maximum Gasteiger partial charge on any atom is 0.347 e. The molecule has 0 aliphatic carbocycles. The largest absolute Gasteiger partial charge is 0.479 e. The quantitative estimate of drug-likeness (QED) is 0.570. The van der Waals surface area contributed by atoms with Gasteiger partial charge >= 0.3 is 5.97 Å². The second kappa shape index (κ2) is 8.50. The number of hydrogen-bond donors (Lipinski definition) is 0. The Labute approximate surface area is 159 Å². The molecule has 0 aliphatic heterocycles. The van der Waals surface area contributed by atoms with Gasteiger partial charge in [0.15, 0.2) is 18.5 Å². The first-order valence-electron chi connectivity index (χ1n) is 8.68. The summed E-state index contributed by atoms with van der Waals surface area (Å²) < 4.78 is 10.5. The average Bonchev–Trinajstić information content (AvgIpc) is 2.65. The van der Waals surface area contributed by atoms with Gasteiger partial charge in [0.1, 0.15) is 5.75 Å². The molecule has 0 saturated heterocycles. The number of nitriles is 1. The van der Waals surface area contributed by atoms with Crippen molar-refractivity contribution in [1.82, 2.24) is 0 Å². The van der Waals surface area contributed by atoms with Crippen molar-refractivity contribution in [2.45, 2.75) is 39.2 Å². The predicted octanol–water partition coefficient (Wildman–Crippen LogP) is 4.05. The number of benzene rings is 2. The molecule has 2 aromatic carbocycles. The first-order valence-corrected chi connectivity index (χ1v) is 8.68. The van der Waals surface area contributed by atoms with E-state index in [0.717, 1.165) is 5.56 Å². The third-order valence-corrected chi connectivity index (χ3v) is 4.05. The molecule has 0 bridgehead atoms. The van der Waals surface area contributed by atoms with E-state index < -0.39 is 12.1 Å². The minimum Gasteiger partial charge on any atom is -0.479 e. The molecule has 2 aromatic rings. The standard InChI is InChI=1S/C22H23NO4/c1-15(27-19-11-5-16(13-23)6-12-19)21(25)26-14-20(24)17-7-9-18(10-8-17)22(2,3)4/h5-12,15H,14H2,1-4H3. The minimum atomic E-state index is -0.867. The highest BCUT2D eigenvalue weighted by Gasteiger charge is 2.19. The molecule has 0 spiro atoms. The Morgan fingerprint density at radius 1 is 1.04 bits per heavy atom. The number of rotatable bonds is 6. The smallest absolute Gasteiger partial charge is 0.347 e. The van der Waals surface area contributed by atoms with Crippen LogP contribution < -0.4 is 4.74 Å². The van der Waals surface area contributed by atoms with Crippen molar-refractivity contribution in [2.75, 3.05) is 6.61 Å². The predicted molar refractivity (Wildman–Crippen MR) is 102 cm³/mol. The summed E-state index contributed by atoms with van der Waals surface area (Å²) in [4.78, 5) is 24.3. The molecule has 0 radical (unpaired) electrons. The van der Waals surface area contributed by atoms with Gasteiger partial charge in [-0.15, -0.1) is 0 Å². The summed E-state index contributed by atoms with van der Waals surface area (Å²) in [5.41, 5.74) is 2.13. The average molecular weight is 365 g/mol. The molecule has 0 fully saturated rings. The lowest BCUT2D eigenvalue weighted by Gasteiger charge is -2.19. The number of hydrogen-bond acceptors (Lipinski definition) is 5. The zero-order chi connectivity index (χ0) is 20.0. The highest BCUT2D eigenvalue weighted by atomic mass is 16.6. The lowest BCUT2D eigenvalue weighted by molar-refractivity contribution is -0.149. The van der Waals surface area contributed by atoms with Gasteiger partial charge in [0.25, 0.3) is 0 Å². The van der Waals surface area contributed by atoms with Crippen LogP contribution in [0.25, 0.3) is 0 Å². The Balaban J connectivity index is 1.88. The Morgan fingerprint density at radius 2 is 1.63 bits per heavy atom. The van der Waals surface area contributed by atoms with Crippen molar-refractivity contribution < 1.29 is 19.1 Å². The molecule has 0 heterocycles. The number of carbonyl (C=O) groups excluding carboxylic acids is 2. The number of Topliss-reactive ketones (excluding diaryl/α,β-unsaturated/α-hetero) is 1. The third kappa shape index (κ3) is 5.68. The van der Waals surface area contributed by atoms with Gasteiger partial charge < -0.3 is 9.47 Å². The molecule has 0 amide bonds. The molecule has 0 saturated carbocycles. The Bertz CT molecular complexity index is 840. The van der Waals surface area contributed by atoms with Gasteiger partial charge in [-0.3, -0.25) is 4.79 Å². The van der Waals surface area contributed by atoms with E-state index in [2.05, 4.69) is 20.8 Å². The van der Waals surface area contributed by atoms with E-state index in [1.165, 1.54) is 0 Å². The maximum absolute atomic E-state index is 12.2. The van der Waals surface area contributed by atoms with E-state index in [0.29, 0.717) is 16.9 Å². The van der Waals surface area contributed by atoms with E-state index in [9.17, 15) is 9.59 Å². The molecule has 140 valence electrons. The number of carbonyl (C=O) groups is 2. The monoisotopic (exact) mass is 365 g/mol. The Hall–Kier alpha value is -3.13. The van der Waals surface area contributed by atoms with Crippen LogP contribution in [0, 0.1) is 11.3 Å².